The van der Waals surface area contributed by atoms with E-state index in [1.807, 2.05) is 39.0 Å². The highest BCUT2D eigenvalue weighted by Gasteiger charge is 2.13. The number of rotatable bonds is 1. The molecule has 0 aliphatic rings. The molecule has 0 aliphatic heterocycles. The maximum Gasteiger partial charge on any atom is 0.146 e. The van der Waals surface area contributed by atoms with Crippen molar-refractivity contribution in [3.05, 3.63) is 29.5 Å². The van der Waals surface area contributed by atoms with Gasteiger partial charge in [-0.2, -0.15) is 10.4 Å². The number of fused-ring (bicyclic) bond motifs is 1. The second kappa shape index (κ2) is 3.39. The molecule has 0 spiro atoms. The molecule has 0 unspecified atom stereocenters. The lowest BCUT2D eigenvalue weighted by molar-refractivity contribution is 0.532. The van der Waals surface area contributed by atoms with E-state index in [2.05, 4.69) is 11.2 Å². The van der Waals surface area contributed by atoms with Gasteiger partial charge in [-0.15, -0.1) is 0 Å². The maximum absolute atomic E-state index is 9.17. The number of hydrogen-bond donors (Lipinski definition) is 0. The summed E-state index contributed by atoms with van der Waals surface area (Å²) in [6, 6.07) is 8.38. The largest absolute Gasteiger partial charge is 0.251 e. The number of aromatic nitrogens is 2. The first kappa shape index (κ1) is 9.72. The Morgan fingerprint density at radius 2 is 2.13 bits per heavy atom. The van der Waals surface area contributed by atoms with Crippen molar-refractivity contribution in [1.29, 1.82) is 5.26 Å². The Bertz CT molecular complexity index is 544. The number of benzene rings is 1. The topological polar surface area (TPSA) is 41.6 Å². The second-order valence-electron chi connectivity index (χ2n) is 3.97. The SMILES string of the molecule is Cc1cccc2nn(C(C)C)c(C#N)c12. The van der Waals surface area contributed by atoms with Crippen molar-refractivity contribution >= 4 is 10.9 Å². The van der Waals surface area contributed by atoms with Crippen molar-refractivity contribution < 1.29 is 0 Å². The van der Waals surface area contributed by atoms with Crippen LogP contribution in [0, 0.1) is 18.3 Å². The van der Waals surface area contributed by atoms with Crippen LogP contribution in [-0.2, 0) is 0 Å². The fraction of sp³-hybridized carbons (Fsp3) is 0.333. The van der Waals surface area contributed by atoms with Crippen LogP contribution in [0.1, 0.15) is 31.1 Å². The lowest BCUT2D eigenvalue weighted by Gasteiger charge is -2.05. The molecule has 15 heavy (non-hydrogen) atoms. The number of hydrogen-bond acceptors (Lipinski definition) is 2. The quantitative estimate of drug-likeness (QED) is 0.708. The third kappa shape index (κ3) is 1.39. The molecule has 3 nitrogen and oxygen atoms in total. The Labute approximate surface area is 88.9 Å². The van der Waals surface area contributed by atoms with Crippen LogP contribution in [0.5, 0.6) is 0 Å². The van der Waals surface area contributed by atoms with Crippen molar-refractivity contribution in [2.24, 2.45) is 0 Å². The maximum atomic E-state index is 9.17. The molecule has 0 radical (unpaired) electrons. The molecule has 0 bridgehead atoms. The lowest BCUT2D eigenvalue weighted by atomic mass is 10.1. The summed E-state index contributed by atoms with van der Waals surface area (Å²) in [7, 11) is 0. The molecule has 2 aromatic rings. The second-order valence-corrected chi connectivity index (χ2v) is 3.97. The van der Waals surface area contributed by atoms with Crippen LogP contribution >= 0.6 is 0 Å². The van der Waals surface area contributed by atoms with Crippen molar-refractivity contribution in [2.45, 2.75) is 26.8 Å². The fourth-order valence-corrected chi connectivity index (χ4v) is 1.81. The Balaban J connectivity index is 2.88. The van der Waals surface area contributed by atoms with Gasteiger partial charge in [-0.1, -0.05) is 12.1 Å². The van der Waals surface area contributed by atoms with E-state index in [9.17, 15) is 0 Å². The molecule has 0 saturated heterocycles. The van der Waals surface area contributed by atoms with Gasteiger partial charge in [0.15, 0.2) is 0 Å². The van der Waals surface area contributed by atoms with Gasteiger partial charge in [-0.25, -0.2) is 0 Å². The average molecular weight is 199 g/mol. The van der Waals surface area contributed by atoms with Gasteiger partial charge < -0.3 is 0 Å². The normalized spacial score (nSPS) is 10.9. The van der Waals surface area contributed by atoms with E-state index in [0.29, 0.717) is 5.69 Å². The van der Waals surface area contributed by atoms with E-state index >= 15 is 0 Å². The Hall–Kier alpha value is -1.82. The van der Waals surface area contributed by atoms with Gasteiger partial charge in [0, 0.05) is 11.4 Å². The monoisotopic (exact) mass is 199 g/mol. The van der Waals surface area contributed by atoms with Crippen LogP contribution in [0.4, 0.5) is 0 Å². The Kier molecular flexibility index (Phi) is 2.20. The standard InChI is InChI=1S/C12H13N3/c1-8(2)15-11(7-13)12-9(3)5-4-6-10(12)14-15/h4-6,8H,1-3H3. The summed E-state index contributed by atoms with van der Waals surface area (Å²) < 4.78 is 1.79. The molecule has 1 heterocycles. The third-order valence-corrected chi connectivity index (χ3v) is 2.53. The van der Waals surface area contributed by atoms with Crippen LogP contribution < -0.4 is 0 Å². The van der Waals surface area contributed by atoms with Gasteiger partial charge >= 0.3 is 0 Å². The minimum atomic E-state index is 0.214. The minimum Gasteiger partial charge on any atom is -0.251 e. The zero-order valence-electron chi connectivity index (χ0n) is 9.15. The van der Waals surface area contributed by atoms with Gasteiger partial charge in [-0.05, 0) is 32.4 Å². The third-order valence-electron chi connectivity index (χ3n) is 2.53. The molecule has 0 aliphatic carbocycles. The Morgan fingerprint density at radius 1 is 1.40 bits per heavy atom. The summed E-state index contributed by atoms with van der Waals surface area (Å²) in [6.45, 7) is 6.07. The molecule has 2 rings (SSSR count). The Morgan fingerprint density at radius 3 is 2.73 bits per heavy atom. The smallest absolute Gasteiger partial charge is 0.146 e. The van der Waals surface area contributed by atoms with Crippen molar-refractivity contribution in [3.8, 4) is 6.07 Å². The first-order valence-electron chi connectivity index (χ1n) is 5.03. The molecule has 76 valence electrons. The number of nitriles is 1. The van der Waals surface area contributed by atoms with Gasteiger partial charge in [-0.3, -0.25) is 4.68 Å². The molecule has 1 aromatic carbocycles. The first-order valence-corrected chi connectivity index (χ1v) is 5.03. The molecule has 0 N–H and O–H groups in total. The van der Waals surface area contributed by atoms with Gasteiger partial charge in [0.05, 0.1) is 5.52 Å². The summed E-state index contributed by atoms with van der Waals surface area (Å²) in [4.78, 5) is 0. The van der Waals surface area contributed by atoms with Crippen LogP contribution in [-0.4, -0.2) is 9.78 Å². The molecule has 3 heteroatoms. The zero-order chi connectivity index (χ0) is 11.0. The van der Waals surface area contributed by atoms with E-state index in [-0.39, 0.29) is 6.04 Å². The molecule has 0 amide bonds. The fourth-order valence-electron chi connectivity index (χ4n) is 1.81. The van der Waals surface area contributed by atoms with Crippen LogP contribution in [0.25, 0.3) is 10.9 Å². The highest BCUT2D eigenvalue weighted by Crippen LogP contribution is 2.23. The van der Waals surface area contributed by atoms with Crippen LogP contribution in [0.3, 0.4) is 0 Å². The van der Waals surface area contributed by atoms with Crippen molar-refractivity contribution in [2.75, 3.05) is 0 Å². The minimum absolute atomic E-state index is 0.214. The van der Waals surface area contributed by atoms with E-state index in [1.165, 1.54) is 0 Å². The molecule has 0 saturated carbocycles. The van der Waals surface area contributed by atoms with Crippen molar-refractivity contribution in [3.63, 3.8) is 0 Å². The number of aryl methyl sites for hydroxylation is 1. The summed E-state index contributed by atoms with van der Waals surface area (Å²) in [5.74, 6) is 0. The highest BCUT2D eigenvalue weighted by molar-refractivity contribution is 5.87. The summed E-state index contributed by atoms with van der Waals surface area (Å²) in [5.41, 5.74) is 2.68. The van der Waals surface area contributed by atoms with Gasteiger partial charge in [0.25, 0.3) is 0 Å². The van der Waals surface area contributed by atoms with Crippen molar-refractivity contribution in [1.82, 2.24) is 9.78 Å². The van der Waals surface area contributed by atoms with Crippen LogP contribution in [0.2, 0.25) is 0 Å². The average Bonchev–Trinajstić information content (AvgIpc) is 2.57. The predicted octanol–water partition coefficient (Wildman–Crippen LogP) is 2.80. The molecule has 0 fully saturated rings. The first-order chi connectivity index (χ1) is 7.15. The van der Waals surface area contributed by atoms with Crippen LogP contribution in [0.15, 0.2) is 18.2 Å². The molecular weight excluding hydrogens is 186 g/mol. The van der Waals surface area contributed by atoms with E-state index in [0.717, 1.165) is 16.5 Å². The number of nitrogens with zero attached hydrogens (tertiary/aromatic N) is 3. The highest BCUT2D eigenvalue weighted by atomic mass is 15.3. The van der Waals surface area contributed by atoms with E-state index < -0.39 is 0 Å². The predicted molar refractivity (Wildman–Crippen MR) is 59.6 cm³/mol. The van der Waals surface area contributed by atoms with E-state index in [1.54, 1.807) is 4.68 Å². The van der Waals surface area contributed by atoms with Gasteiger partial charge in [0.2, 0.25) is 0 Å². The molecular formula is C12H13N3. The van der Waals surface area contributed by atoms with E-state index in [4.69, 9.17) is 5.26 Å². The summed E-state index contributed by atoms with van der Waals surface area (Å²) in [6.07, 6.45) is 0. The molecule has 1 aromatic heterocycles. The summed E-state index contributed by atoms with van der Waals surface area (Å²) >= 11 is 0. The zero-order valence-corrected chi connectivity index (χ0v) is 9.15. The lowest BCUT2D eigenvalue weighted by Crippen LogP contribution is -2.04. The molecule has 0 atom stereocenters. The van der Waals surface area contributed by atoms with Gasteiger partial charge in [0.1, 0.15) is 11.8 Å². The summed E-state index contributed by atoms with van der Waals surface area (Å²) in [5, 5.41) is 14.6.